The quantitative estimate of drug-likeness (QED) is 0.765. The number of benzene rings is 1. The first kappa shape index (κ1) is 13.3. The van der Waals surface area contributed by atoms with Gasteiger partial charge in [0, 0.05) is 13.3 Å². The fourth-order valence-corrected chi connectivity index (χ4v) is 1.59. The normalized spacial score (nSPS) is 12.5. The third kappa shape index (κ3) is 4.23. The van der Waals surface area contributed by atoms with Gasteiger partial charge in [0.15, 0.2) is 6.29 Å². The van der Waals surface area contributed by atoms with Gasteiger partial charge in [0.25, 0.3) is 0 Å². The van der Waals surface area contributed by atoms with Crippen LogP contribution in [0.15, 0.2) is 48.7 Å². The van der Waals surface area contributed by atoms with Crippen LogP contribution in [0.2, 0.25) is 0 Å². The van der Waals surface area contributed by atoms with E-state index in [1.54, 1.807) is 13.3 Å². The third-order valence-corrected chi connectivity index (χ3v) is 2.63. The topological polar surface area (TPSA) is 31.4 Å². The van der Waals surface area contributed by atoms with E-state index in [1.165, 1.54) is 0 Å². The Kier molecular flexibility index (Phi) is 4.70. The molecule has 0 aliphatic carbocycles. The number of ether oxygens (including phenoxy) is 2. The first-order valence-corrected chi connectivity index (χ1v) is 6.16. The first-order chi connectivity index (χ1) is 9.28. The number of pyridine rings is 1. The highest BCUT2D eigenvalue weighted by Gasteiger charge is 2.01. The van der Waals surface area contributed by atoms with Crippen molar-refractivity contribution in [2.75, 3.05) is 7.11 Å². The van der Waals surface area contributed by atoms with E-state index < -0.39 is 0 Å². The Bertz CT molecular complexity index is 537. The van der Waals surface area contributed by atoms with Crippen molar-refractivity contribution in [3.05, 3.63) is 59.9 Å². The molecule has 3 heteroatoms. The van der Waals surface area contributed by atoms with Gasteiger partial charge in [0.05, 0.1) is 5.69 Å². The van der Waals surface area contributed by atoms with E-state index >= 15 is 0 Å². The summed E-state index contributed by atoms with van der Waals surface area (Å²) in [6, 6.07) is 13.7. The predicted molar refractivity (Wildman–Crippen MR) is 76.7 cm³/mol. The molecular weight excluding hydrogens is 238 g/mol. The van der Waals surface area contributed by atoms with Crippen LogP contribution in [0.25, 0.3) is 12.2 Å². The van der Waals surface area contributed by atoms with Gasteiger partial charge in [-0.1, -0.05) is 24.3 Å². The van der Waals surface area contributed by atoms with Crippen molar-refractivity contribution in [3.8, 4) is 5.75 Å². The maximum Gasteiger partial charge on any atom is 0.196 e. The minimum atomic E-state index is -0.255. The van der Waals surface area contributed by atoms with Crippen molar-refractivity contribution in [2.45, 2.75) is 13.2 Å². The smallest absolute Gasteiger partial charge is 0.196 e. The SMILES string of the molecule is COC(C)Oc1cccc(/C=C/c2ccccn2)c1. The standard InChI is InChI=1S/C16H17NO2/c1-13(18-2)19-16-8-5-6-14(12-16)9-10-15-7-3-4-11-17-15/h3-13H,1-2H3/b10-9+. The van der Waals surface area contributed by atoms with Gasteiger partial charge in [0.1, 0.15) is 5.75 Å². The Morgan fingerprint density at radius 2 is 2.00 bits per heavy atom. The molecular formula is C16H17NO2. The Labute approximate surface area is 113 Å². The summed E-state index contributed by atoms with van der Waals surface area (Å²) in [5.41, 5.74) is 1.99. The Balaban J connectivity index is 2.09. The molecule has 2 aromatic rings. The molecule has 1 atom stereocenters. The largest absolute Gasteiger partial charge is 0.465 e. The van der Waals surface area contributed by atoms with Gasteiger partial charge in [-0.25, -0.2) is 0 Å². The molecule has 0 N–H and O–H groups in total. The van der Waals surface area contributed by atoms with Gasteiger partial charge in [-0.2, -0.15) is 0 Å². The first-order valence-electron chi connectivity index (χ1n) is 6.16. The molecule has 2 rings (SSSR count). The summed E-state index contributed by atoms with van der Waals surface area (Å²) in [7, 11) is 1.62. The number of rotatable bonds is 5. The summed E-state index contributed by atoms with van der Waals surface area (Å²) < 4.78 is 10.7. The fraction of sp³-hybridized carbons (Fsp3) is 0.188. The molecule has 1 aromatic heterocycles. The van der Waals surface area contributed by atoms with Crippen molar-refractivity contribution in [3.63, 3.8) is 0 Å². The summed E-state index contributed by atoms with van der Waals surface area (Å²) in [5, 5.41) is 0. The molecule has 0 saturated carbocycles. The van der Waals surface area contributed by atoms with Crippen LogP contribution >= 0.6 is 0 Å². The van der Waals surface area contributed by atoms with E-state index in [0.717, 1.165) is 17.0 Å². The van der Waals surface area contributed by atoms with E-state index in [0.29, 0.717) is 0 Å². The highest BCUT2D eigenvalue weighted by Crippen LogP contribution is 2.16. The predicted octanol–water partition coefficient (Wildman–Crippen LogP) is 3.62. The van der Waals surface area contributed by atoms with Gasteiger partial charge in [-0.3, -0.25) is 4.98 Å². The Hall–Kier alpha value is -2.13. The second-order valence-electron chi connectivity index (χ2n) is 4.08. The van der Waals surface area contributed by atoms with Crippen molar-refractivity contribution in [1.82, 2.24) is 4.98 Å². The highest BCUT2D eigenvalue weighted by molar-refractivity contribution is 5.68. The number of aromatic nitrogens is 1. The number of methoxy groups -OCH3 is 1. The maximum atomic E-state index is 5.58. The molecule has 0 aliphatic heterocycles. The lowest BCUT2D eigenvalue weighted by atomic mass is 10.2. The summed E-state index contributed by atoms with van der Waals surface area (Å²) >= 11 is 0. The van der Waals surface area contributed by atoms with E-state index in [2.05, 4.69) is 4.98 Å². The van der Waals surface area contributed by atoms with E-state index in [9.17, 15) is 0 Å². The van der Waals surface area contributed by atoms with Crippen LogP contribution < -0.4 is 4.74 Å². The van der Waals surface area contributed by atoms with Crippen LogP contribution in [0.4, 0.5) is 0 Å². The maximum absolute atomic E-state index is 5.58. The molecule has 0 aliphatic rings. The zero-order valence-electron chi connectivity index (χ0n) is 11.1. The molecule has 0 amide bonds. The molecule has 98 valence electrons. The average molecular weight is 255 g/mol. The lowest BCUT2D eigenvalue weighted by molar-refractivity contribution is -0.0382. The Morgan fingerprint density at radius 3 is 2.74 bits per heavy atom. The minimum absolute atomic E-state index is 0.255. The highest BCUT2D eigenvalue weighted by atomic mass is 16.7. The molecule has 0 radical (unpaired) electrons. The molecule has 1 unspecified atom stereocenters. The van der Waals surface area contributed by atoms with Crippen molar-refractivity contribution in [1.29, 1.82) is 0 Å². The molecule has 0 saturated heterocycles. The van der Waals surface area contributed by atoms with Gasteiger partial charge in [-0.15, -0.1) is 0 Å². The molecule has 1 aromatic carbocycles. The van der Waals surface area contributed by atoms with Gasteiger partial charge in [0.2, 0.25) is 0 Å². The van der Waals surface area contributed by atoms with Crippen molar-refractivity contribution >= 4 is 12.2 Å². The summed E-state index contributed by atoms with van der Waals surface area (Å²) in [6.45, 7) is 1.86. The average Bonchev–Trinajstić information content (AvgIpc) is 2.46. The van der Waals surface area contributed by atoms with Crippen molar-refractivity contribution in [2.24, 2.45) is 0 Å². The molecule has 3 nitrogen and oxygen atoms in total. The molecule has 0 fully saturated rings. The second kappa shape index (κ2) is 6.71. The Morgan fingerprint density at radius 1 is 1.11 bits per heavy atom. The van der Waals surface area contributed by atoms with Crippen LogP contribution in [-0.4, -0.2) is 18.4 Å². The molecule has 0 spiro atoms. The van der Waals surface area contributed by atoms with Crippen LogP contribution in [0.3, 0.4) is 0 Å². The van der Waals surface area contributed by atoms with Crippen LogP contribution in [0, 0.1) is 0 Å². The second-order valence-corrected chi connectivity index (χ2v) is 4.08. The summed E-state index contributed by atoms with van der Waals surface area (Å²) in [5.74, 6) is 0.789. The lowest BCUT2D eigenvalue weighted by Crippen LogP contribution is -2.13. The zero-order valence-corrected chi connectivity index (χ0v) is 11.1. The van der Waals surface area contributed by atoms with Crippen LogP contribution in [0.5, 0.6) is 5.75 Å². The minimum Gasteiger partial charge on any atom is -0.465 e. The fourth-order valence-electron chi connectivity index (χ4n) is 1.59. The van der Waals surface area contributed by atoms with Gasteiger partial charge < -0.3 is 9.47 Å². The number of hydrogen-bond donors (Lipinski definition) is 0. The molecule has 0 bridgehead atoms. The summed E-state index contributed by atoms with van der Waals surface area (Å²) in [4.78, 5) is 4.24. The molecule has 19 heavy (non-hydrogen) atoms. The van der Waals surface area contributed by atoms with E-state index in [-0.39, 0.29) is 6.29 Å². The zero-order chi connectivity index (χ0) is 13.5. The van der Waals surface area contributed by atoms with Crippen LogP contribution in [-0.2, 0) is 4.74 Å². The third-order valence-electron chi connectivity index (χ3n) is 2.63. The lowest BCUT2D eigenvalue weighted by Gasteiger charge is -2.12. The van der Waals surface area contributed by atoms with Crippen LogP contribution in [0.1, 0.15) is 18.2 Å². The number of hydrogen-bond acceptors (Lipinski definition) is 3. The van der Waals surface area contributed by atoms with E-state index in [4.69, 9.17) is 9.47 Å². The van der Waals surface area contributed by atoms with Crippen molar-refractivity contribution < 1.29 is 9.47 Å². The number of nitrogens with zero attached hydrogens (tertiary/aromatic N) is 1. The summed E-state index contributed by atoms with van der Waals surface area (Å²) in [6.07, 6.45) is 5.50. The van der Waals surface area contributed by atoms with Gasteiger partial charge >= 0.3 is 0 Å². The van der Waals surface area contributed by atoms with Gasteiger partial charge in [-0.05, 0) is 42.8 Å². The molecule has 1 heterocycles. The monoisotopic (exact) mass is 255 g/mol. The van der Waals surface area contributed by atoms with E-state index in [1.807, 2.05) is 61.5 Å².